The van der Waals surface area contributed by atoms with Crippen molar-refractivity contribution in [1.82, 2.24) is 20.1 Å². The lowest BCUT2D eigenvalue weighted by Gasteiger charge is -2.23. The summed E-state index contributed by atoms with van der Waals surface area (Å²) >= 11 is 1.57. The highest BCUT2D eigenvalue weighted by atomic mass is 32.1. The number of carbonyl (C=O) groups excluding carboxylic acids is 1. The van der Waals surface area contributed by atoms with Crippen molar-refractivity contribution in [3.8, 4) is 17.2 Å². The molecule has 0 spiro atoms. The predicted octanol–water partition coefficient (Wildman–Crippen LogP) is 4.60. The van der Waals surface area contributed by atoms with Crippen LogP contribution in [0.3, 0.4) is 0 Å². The molecule has 5 rings (SSSR count). The summed E-state index contributed by atoms with van der Waals surface area (Å²) in [5, 5.41) is 21.7. The zero-order valence-corrected chi connectivity index (χ0v) is 20.5. The smallest absolute Gasteiger partial charge is 0.254 e. The van der Waals surface area contributed by atoms with Crippen LogP contribution in [0.1, 0.15) is 58.3 Å². The molecule has 0 saturated carbocycles. The molecule has 0 aliphatic carbocycles. The Morgan fingerprint density at radius 2 is 2.06 bits per heavy atom. The first-order valence-electron chi connectivity index (χ1n) is 11.5. The molecule has 1 fully saturated rings. The van der Waals surface area contributed by atoms with Gasteiger partial charge in [0.05, 0.1) is 11.6 Å². The van der Waals surface area contributed by atoms with E-state index in [2.05, 4.69) is 15.2 Å². The summed E-state index contributed by atoms with van der Waals surface area (Å²) in [4.78, 5) is 19.9. The molecule has 3 heterocycles. The van der Waals surface area contributed by atoms with Crippen LogP contribution in [0.15, 0.2) is 58.3 Å². The molecule has 4 aromatic rings. The second-order valence-electron chi connectivity index (χ2n) is 9.24. The highest BCUT2D eigenvalue weighted by Crippen LogP contribution is 2.36. The molecule has 9 heteroatoms. The summed E-state index contributed by atoms with van der Waals surface area (Å²) in [5.41, 5.74) is 8.46. The van der Waals surface area contributed by atoms with Gasteiger partial charge in [-0.15, -0.1) is 21.5 Å². The lowest BCUT2D eigenvalue weighted by atomic mass is 9.94. The van der Waals surface area contributed by atoms with Crippen LogP contribution in [0.2, 0.25) is 0 Å². The lowest BCUT2D eigenvalue weighted by Crippen LogP contribution is -2.35. The number of nitrogens with two attached hydrogens (primary N) is 1. The van der Waals surface area contributed by atoms with Crippen molar-refractivity contribution in [2.75, 3.05) is 6.54 Å². The molecular weight excluding hydrogens is 462 g/mol. The average Bonchev–Trinajstić information content (AvgIpc) is 3.59. The molecule has 1 aliphatic heterocycles. The van der Waals surface area contributed by atoms with Gasteiger partial charge < -0.3 is 20.2 Å². The van der Waals surface area contributed by atoms with Gasteiger partial charge in [-0.05, 0) is 56.9 Å². The third-order valence-corrected chi connectivity index (χ3v) is 7.24. The first-order chi connectivity index (χ1) is 16.8. The van der Waals surface area contributed by atoms with Crippen molar-refractivity contribution in [3.63, 3.8) is 0 Å². The summed E-state index contributed by atoms with van der Waals surface area (Å²) in [5.74, 6) is 0.269. The Hall–Kier alpha value is -3.56. The van der Waals surface area contributed by atoms with Crippen molar-refractivity contribution in [1.29, 1.82) is 0 Å². The van der Waals surface area contributed by atoms with Crippen LogP contribution in [0.25, 0.3) is 11.5 Å². The van der Waals surface area contributed by atoms with Crippen molar-refractivity contribution < 1.29 is 14.3 Å². The zero-order valence-electron chi connectivity index (χ0n) is 19.6. The summed E-state index contributed by atoms with van der Waals surface area (Å²) in [6.07, 6.45) is 2.30. The van der Waals surface area contributed by atoms with Crippen LogP contribution in [0.4, 0.5) is 0 Å². The number of phenols is 1. The number of amides is 1. The van der Waals surface area contributed by atoms with Gasteiger partial charge in [0.15, 0.2) is 0 Å². The van der Waals surface area contributed by atoms with Gasteiger partial charge in [0.2, 0.25) is 11.8 Å². The molecular formula is C26H27N5O3S. The number of hydrogen-bond donors (Lipinski definition) is 2. The molecule has 0 unspecified atom stereocenters. The van der Waals surface area contributed by atoms with Gasteiger partial charge in [0.1, 0.15) is 10.8 Å². The SMILES string of the molecule is Cc1csc([C@H]2CCCN2C(=O)c2cc(O)cc(-c3nnc([C@](C)(N)Cc4ccccc4)o3)c2)n1. The third kappa shape index (κ3) is 4.82. The van der Waals surface area contributed by atoms with E-state index in [1.165, 1.54) is 12.1 Å². The molecule has 1 amide bonds. The molecule has 0 radical (unpaired) electrons. The summed E-state index contributed by atoms with van der Waals surface area (Å²) in [6, 6.07) is 14.4. The van der Waals surface area contributed by atoms with Crippen molar-refractivity contribution in [2.45, 2.75) is 44.7 Å². The van der Waals surface area contributed by atoms with E-state index in [4.69, 9.17) is 10.2 Å². The first-order valence-corrected chi connectivity index (χ1v) is 12.4. The molecule has 180 valence electrons. The molecule has 35 heavy (non-hydrogen) atoms. The fraction of sp³-hybridized carbons (Fsp3) is 0.308. The Bertz CT molecular complexity index is 1350. The minimum atomic E-state index is -0.878. The van der Waals surface area contributed by atoms with E-state index in [0.717, 1.165) is 29.1 Å². The standard InChI is InChI=1S/C26H27N5O3S/c1-16-15-35-23(28-16)21-9-6-10-31(21)24(33)19-11-18(12-20(32)13-19)22-29-30-25(34-22)26(2,27)14-17-7-4-3-5-8-17/h3-5,7-8,11-13,15,21,32H,6,9-10,14,27H2,1-2H3/t21-,26-/m1/s1. The molecule has 0 bridgehead atoms. The van der Waals surface area contributed by atoms with Gasteiger partial charge in [-0.2, -0.15) is 0 Å². The molecule has 1 aliphatic rings. The first kappa shape index (κ1) is 23.2. The van der Waals surface area contributed by atoms with Crippen molar-refractivity contribution in [3.05, 3.63) is 81.6 Å². The van der Waals surface area contributed by atoms with E-state index in [0.29, 0.717) is 24.1 Å². The second kappa shape index (κ2) is 9.24. The lowest BCUT2D eigenvalue weighted by molar-refractivity contribution is 0.0735. The Morgan fingerprint density at radius 1 is 1.26 bits per heavy atom. The van der Waals surface area contributed by atoms with E-state index >= 15 is 0 Å². The van der Waals surface area contributed by atoms with Crippen LogP contribution in [-0.2, 0) is 12.0 Å². The number of rotatable bonds is 6. The predicted molar refractivity (Wildman–Crippen MR) is 133 cm³/mol. The molecule has 8 nitrogen and oxygen atoms in total. The molecule has 2 aromatic heterocycles. The minimum Gasteiger partial charge on any atom is -0.508 e. The fourth-order valence-corrected chi connectivity index (χ4v) is 5.42. The van der Waals surface area contributed by atoms with Crippen LogP contribution in [-0.4, -0.2) is 37.6 Å². The fourth-order valence-electron chi connectivity index (χ4n) is 4.48. The van der Waals surface area contributed by atoms with Gasteiger partial charge in [-0.25, -0.2) is 4.98 Å². The Balaban J connectivity index is 1.40. The molecule has 1 saturated heterocycles. The largest absolute Gasteiger partial charge is 0.508 e. The monoisotopic (exact) mass is 489 g/mol. The number of likely N-dealkylation sites (tertiary alicyclic amines) is 1. The van der Waals surface area contributed by atoms with E-state index in [9.17, 15) is 9.90 Å². The number of aromatic nitrogens is 3. The van der Waals surface area contributed by atoms with Crippen LogP contribution in [0, 0.1) is 6.92 Å². The maximum atomic E-state index is 13.4. The number of benzene rings is 2. The normalized spacial score (nSPS) is 17.5. The number of aryl methyl sites for hydroxylation is 1. The minimum absolute atomic E-state index is 0.0498. The number of hydrogen-bond acceptors (Lipinski definition) is 8. The van der Waals surface area contributed by atoms with Gasteiger partial charge in [-0.3, -0.25) is 4.79 Å². The van der Waals surface area contributed by atoms with E-state index in [1.54, 1.807) is 17.4 Å². The summed E-state index contributed by atoms with van der Waals surface area (Å²) < 4.78 is 5.92. The number of phenolic OH excluding ortho intramolecular Hbond substituents is 1. The van der Waals surface area contributed by atoms with Crippen molar-refractivity contribution in [2.24, 2.45) is 5.73 Å². The van der Waals surface area contributed by atoms with Crippen LogP contribution >= 0.6 is 11.3 Å². The van der Waals surface area contributed by atoms with Crippen molar-refractivity contribution >= 4 is 17.2 Å². The van der Waals surface area contributed by atoms with E-state index in [1.807, 2.05) is 54.5 Å². The number of aromatic hydroxyl groups is 1. The average molecular weight is 490 g/mol. The maximum absolute atomic E-state index is 13.4. The number of thiazole rings is 1. The topological polar surface area (TPSA) is 118 Å². The quantitative estimate of drug-likeness (QED) is 0.406. The maximum Gasteiger partial charge on any atom is 0.254 e. The molecule has 2 atom stereocenters. The Kier molecular flexibility index (Phi) is 6.12. The van der Waals surface area contributed by atoms with Crippen LogP contribution in [0.5, 0.6) is 5.75 Å². The second-order valence-corrected chi connectivity index (χ2v) is 10.1. The summed E-state index contributed by atoms with van der Waals surface area (Å²) in [7, 11) is 0. The van der Waals surface area contributed by atoms with Gasteiger partial charge in [-0.1, -0.05) is 30.3 Å². The third-order valence-electron chi connectivity index (χ3n) is 6.17. The number of nitrogens with zero attached hydrogens (tertiary/aromatic N) is 4. The molecule has 2 aromatic carbocycles. The van der Waals surface area contributed by atoms with Gasteiger partial charge in [0.25, 0.3) is 5.91 Å². The van der Waals surface area contributed by atoms with Gasteiger partial charge >= 0.3 is 0 Å². The Morgan fingerprint density at radius 3 is 2.80 bits per heavy atom. The zero-order chi connectivity index (χ0) is 24.6. The van der Waals surface area contributed by atoms with E-state index in [-0.39, 0.29) is 29.5 Å². The highest BCUT2D eigenvalue weighted by molar-refractivity contribution is 7.09. The van der Waals surface area contributed by atoms with E-state index < -0.39 is 5.54 Å². The van der Waals surface area contributed by atoms with Crippen LogP contribution < -0.4 is 5.73 Å². The molecule has 3 N–H and O–H groups in total. The highest BCUT2D eigenvalue weighted by Gasteiger charge is 2.33. The summed E-state index contributed by atoms with van der Waals surface area (Å²) in [6.45, 7) is 4.43. The van der Waals surface area contributed by atoms with Gasteiger partial charge in [0, 0.05) is 28.7 Å². The number of carbonyl (C=O) groups is 1. The Labute approximate surface area is 207 Å².